The smallest absolute Gasteiger partial charge is 0.126 e. The van der Waals surface area contributed by atoms with Crippen LogP contribution in [0, 0.1) is 6.92 Å². The van der Waals surface area contributed by atoms with E-state index in [4.69, 9.17) is 5.73 Å². The first-order valence-electron chi connectivity index (χ1n) is 3.67. The standard InChI is InChI=1S/C9H10N2/c1-6-2-3-7-5-11-9(10)8(7)4-6/h2-4H,5H2,1H3,(H2,10,11). The van der Waals surface area contributed by atoms with E-state index >= 15 is 0 Å². The molecule has 0 spiro atoms. The molecule has 56 valence electrons. The van der Waals surface area contributed by atoms with Crippen LogP contribution in [-0.2, 0) is 6.54 Å². The van der Waals surface area contributed by atoms with Gasteiger partial charge in [0.15, 0.2) is 0 Å². The number of nitrogens with two attached hydrogens (primary N) is 1. The fraction of sp³-hybridized carbons (Fsp3) is 0.222. The monoisotopic (exact) mass is 146 g/mol. The Kier molecular flexibility index (Phi) is 1.22. The molecule has 2 rings (SSSR count). The van der Waals surface area contributed by atoms with Crippen LogP contribution in [0.15, 0.2) is 23.2 Å². The lowest BCUT2D eigenvalue weighted by molar-refractivity contribution is 1.10. The highest BCUT2D eigenvalue weighted by Gasteiger charge is 2.11. The highest BCUT2D eigenvalue weighted by Crippen LogP contribution is 2.17. The van der Waals surface area contributed by atoms with Gasteiger partial charge in [0.1, 0.15) is 5.84 Å². The van der Waals surface area contributed by atoms with E-state index < -0.39 is 0 Å². The van der Waals surface area contributed by atoms with Gasteiger partial charge in [0, 0.05) is 5.56 Å². The second kappa shape index (κ2) is 2.09. The summed E-state index contributed by atoms with van der Waals surface area (Å²) in [5.41, 5.74) is 9.26. The van der Waals surface area contributed by atoms with Crippen LogP contribution in [0.1, 0.15) is 16.7 Å². The van der Waals surface area contributed by atoms with Crippen molar-refractivity contribution in [2.45, 2.75) is 13.5 Å². The lowest BCUT2D eigenvalue weighted by Crippen LogP contribution is -2.10. The van der Waals surface area contributed by atoms with Gasteiger partial charge in [0.2, 0.25) is 0 Å². The molecule has 0 atom stereocenters. The van der Waals surface area contributed by atoms with Gasteiger partial charge in [0.05, 0.1) is 6.54 Å². The first kappa shape index (κ1) is 6.40. The van der Waals surface area contributed by atoms with E-state index in [0.29, 0.717) is 5.84 Å². The number of hydrogen-bond donors (Lipinski definition) is 1. The number of fused-ring (bicyclic) bond motifs is 1. The maximum absolute atomic E-state index is 5.67. The van der Waals surface area contributed by atoms with Gasteiger partial charge in [-0.3, -0.25) is 4.99 Å². The normalized spacial score (nSPS) is 14.5. The van der Waals surface area contributed by atoms with Gasteiger partial charge in [-0.2, -0.15) is 0 Å². The van der Waals surface area contributed by atoms with Crippen molar-refractivity contribution in [1.29, 1.82) is 0 Å². The summed E-state index contributed by atoms with van der Waals surface area (Å²) in [6, 6.07) is 6.27. The van der Waals surface area contributed by atoms with Crippen LogP contribution < -0.4 is 5.73 Å². The second-order valence-corrected chi connectivity index (χ2v) is 2.86. The molecule has 1 heterocycles. The summed E-state index contributed by atoms with van der Waals surface area (Å²) in [4.78, 5) is 4.14. The molecule has 0 fully saturated rings. The predicted molar refractivity (Wildman–Crippen MR) is 45.6 cm³/mol. The molecule has 1 aliphatic rings. The van der Waals surface area contributed by atoms with Crippen LogP contribution in [0.5, 0.6) is 0 Å². The molecular weight excluding hydrogens is 136 g/mol. The summed E-state index contributed by atoms with van der Waals surface area (Å²) in [6.07, 6.45) is 0. The third-order valence-corrected chi connectivity index (χ3v) is 1.96. The number of nitrogens with zero attached hydrogens (tertiary/aromatic N) is 1. The first-order valence-corrected chi connectivity index (χ1v) is 3.67. The van der Waals surface area contributed by atoms with Crippen molar-refractivity contribution >= 4 is 5.84 Å². The minimum atomic E-state index is 0.684. The lowest BCUT2D eigenvalue weighted by atomic mass is 10.1. The Labute approximate surface area is 65.8 Å². The largest absolute Gasteiger partial charge is 0.383 e. The molecule has 1 aliphatic heterocycles. The van der Waals surface area contributed by atoms with E-state index in [9.17, 15) is 0 Å². The Morgan fingerprint density at radius 2 is 2.27 bits per heavy atom. The average Bonchev–Trinajstić information content (AvgIpc) is 2.33. The van der Waals surface area contributed by atoms with E-state index in [1.54, 1.807) is 0 Å². The molecule has 0 aromatic heterocycles. The van der Waals surface area contributed by atoms with Gasteiger partial charge in [-0.15, -0.1) is 0 Å². The Hall–Kier alpha value is -1.31. The highest BCUT2D eigenvalue weighted by atomic mass is 14.9. The number of aryl methyl sites for hydroxylation is 1. The molecule has 0 saturated carbocycles. The number of hydrogen-bond acceptors (Lipinski definition) is 2. The maximum Gasteiger partial charge on any atom is 0.126 e. The van der Waals surface area contributed by atoms with Gasteiger partial charge >= 0.3 is 0 Å². The summed E-state index contributed by atoms with van der Waals surface area (Å²) in [7, 11) is 0. The van der Waals surface area contributed by atoms with Gasteiger partial charge in [-0.25, -0.2) is 0 Å². The van der Waals surface area contributed by atoms with Crippen LogP contribution in [0.25, 0.3) is 0 Å². The van der Waals surface area contributed by atoms with Crippen LogP contribution >= 0.6 is 0 Å². The van der Waals surface area contributed by atoms with Crippen LogP contribution in [0.4, 0.5) is 0 Å². The van der Waals surface area contributed by atoms with Crippen molar-refractivity contribution in [2.24, 2.45) is 10.7 Å². The average molecular weight is 146 g/mol. The number of rotatable bonds is 0. The Bertz CT molecular complexity index is 326. The van der Waals surface area contributed by atoms with Crippen LogP contribution in [0.3, 0.4) is 0 Å². The predicted octanol–water partition coefficient (Wildman–Crippen LogP) is 1.21. The second-order valence-electron chi connectivity index (χ2n) is 2.86. The minimum Gasteiger partial charge on any atom is -0.383 e. The Balaban J connectivity index is 2.60. The topological polar surface area (TPSA) is 38.4 Å². The maximum atomic E-state index is 5.67. The number of amidine groups is 1. The van der Waals surface area contributed by atoms with Crippen LogP contribution in [-0.4, -0.2) is 5.84 Å². The molecule has 0 unspecified atom stereocenters. The third kappa shape index (κ3) is 0.909. The van der Waals surface area contributed by atoms with Crippen molar-refractivity contribution < 1.29 is 0 Å². The summed E-state index contributed by atoms with van der Waals surface area (Å²) in [5.74, 6) is 0.684. The molecule has 2 heteroatoms. The van der Waals surface area contributed by atoms with Gasteiger partial charge in [-0.05, 0) is 18.6 Å². The Morgan fingerprint density at radius 3 is 3.09 bits per heavy atom. The molecule has 1 aromatic carbocycles. The van der Waals surface area contributed by atoms with Crippen LogP contribution in [0.2, 0.25) is 0 Å². The molecular formula is C9H10N2. The van der Waals surface area contributed by atoms with E-state index in [0.717, 1.165) is 12.1 Å². The van der Waals surface area contributed by atoms with Crippen molar-refractivity contribution in [3.05, 3.63) is 34.9 Å². The molecule has 1 aromatic rings. The molecule has 2 nitrogen and oxygen atoms in total. The lowest BCUT2D eigenvalue weighted by Gasteiger charge is -1.99. The van der Waals surface area contributed by atoms with E-state index in [2.05, 4.69) is 30.1 Å². The summed E-state index contributed by atoms with van der Waals surface area (Å²) < 4.78 is 0. The fourth-order valence-electron chi connectivity index (χ4n) is 1.32. The zero-order chi connectivity index (χ0) is 7.84. The molecule has 0 bridgehead atoms. The summed E-state index contributed by atoms with van der Waals surface area (Å²) in [5, 5.41) is 0. The number of benzene rings is 1. The number of aliphatic imine (C=N–C) groups is 1. The Morgan fingerprint density at radius 1 is 1.45 bits per heavy atom. The highest BCUT2D eigenvalue weighted by molar-refractivity contribution is 6.00. The van der Waals surface area contributed by atoms with Gasteiger partial charge < -0.3 is 5.73 Å². The van der Waals surface area contributed by atoms with E-state index in [1.807, 2.05) is 0 Å². The SMILES string of the molecule is Cc1ccc2c(c1)C(N)=NC2. The van der Waals surface area contributed by atoms with Crippen molar-refractivity contribution in [3.63, 3.8) is 0 Å². The summed E-state index contributed by atoms with van der Waals surface area (Å²) >= 11 is 0. The quantitative estimate of drug-likeness (QED) is 0.587. The molecule has 11 heavy (non-hydrogen) atoms. The van der Waals surface area contributed by atoms with Gasteiger partial charge in [-0.1, -0.05) is 17.7 Å². The first-order chi connectivity index (χ1) is 5.27. The molecule has 0 radical (unpaired) electrons. The fourth-order valence-corrected chi connectivity index (χ4v) is 1.32. The van der Waals surface area contributed by atoms with Crippen molar-refractivity contribution in [1.82, 2.24) is 0 Å². The van der Waals surface area contributed by atoms with E-state index in [1.165, 1.54) is 11.1 Å². The van der Waals surface area contributed by atoms with E-state index in [-0.39, 0.29) is 0 Å². The molecule has 0 amide bonds. The summed E-state index contributed by atoms with van der Waals surface area (Å²) in [6.45, 7) is 2.81. The molecule has 2 N–H and O–H groups in total. The molecule has 0 aliphatic carbocycles. The zero-order valence-corrected chi connectivity index (χ0v) is 6.46. The minimum absolute atomic E-state index is 0.684. The van der Waals surface area contributed by atoms with Crippen molar-refractivity contribution in [2.75, 3.05) is 0 Å². The van der Waals surface area contributed by atoms with Gasteiger partial charge in [0.25, 0.3) is 0 Å². The molecule has 0 saturated heterocycles. The third-order valence-electron chi connectivity index (χ3n) is 1.96. The zero-order valence-electron chi connectivity index (χ0n) is 6.46. The van der Waals surface area contributed by atoms with Crippen molar-refractivity contribution in [3.8, 4) is 0 Å².